The summed E-state index contributed by atoms with van der Waals surface area (Å²) in [6.07, 6.45) is 0.319. The molecule has 0 saturated carbocycles. The molecule has 2 aromatic rings. The van der Waals surface area contributed by atoms with Crippen molar-refractivity contribution < 1.29 is 9.53 Å². The van der Waals surface area contributed by atoms with Crippen LogP contribution >= 0.6 is 0 Å². The van der Waals surface area contributed by atoms with E-state index in [1.807, 2.05) is 48.5 Å². The molecule has 0 bridgehead atoms. The molecule has 0 radical (unpaired) electrons. The number of methoxy groups -OCH3 is 1. The molecule has 1 amide bonds. The van der Waals surface area contributed by atoms with Gasteiger partial charge in [0.2, 0.25) is 5.91 Å². The summed E-state index contributed by atoms with van der Waals surface area (Å²) in [5, 5.41) is 0. The molecule has 0 unspecified atom stereocenters. The lowest BCUT2D eigenvalue weighted by molar-refractivity contribution is -0.129. The van der Waals surface area contributed by atoms with Crippen LogP contribution in [0, 0.1) is 0 Å². The normalized spacial score (nSPS) is 10.2. The average molecular weight is 284 g/mol. The van der Waals surface area contributed by atoms with Crippen molar-refractivity contribution in [3.05, 3.63) is 59.7 Å². The van der Waals surface area contributed by atoms with Crippen LogP contribution in [0.3, 0.4) is 0 Å². The highest BCUT2D eigenvalue weighted by molar-refractivity contribution is 5.80. The molecule has 0 saturated heterocycles. The summed E-state index contributed by atoms with van der Waals surface area (Å²) < 4.78 is 5.12. The number of anilines is 1. The summed E-state index contributed by atoms with van der Waals surface area (Å²) in [5.41, 5.74) is 8.45. The van der Waals surface area contributed by atoms with Gasteiger partial charge in [0.25, 0.3) is 0 Å². The van der Waals surface area contributed by atoms with E-state index in [1.54, 1.807) is 19.1 Å². The molecule has 2 rings (SSSR count). The van der Waals surface area contributed by atoms with Crippen LogP contribution in [0.15, 0.2) is 48.5 Å². The molecular weight excluding hydrogens is 264 g/mol. The number of rotatable bonds is 5. The highest BCUT2D eigenvalue weighted by atomic mass is 16.5. The van der Waals surface area contributed by atoms with Crippen molar-refractivity contribution in [2.45, 2.75) is 13.0 Å². The molecular formula is C17H20N2O2. The van der Waals surface area contributed by atoms with E-state index in [-0.39, 0.29) is 5.91 Å². The van der Waals surface area contributed by atoms with E-state index in [2.05, 4.69) is 0 Å². The fourth-order valence-corrected chi connectivity index (χ4v) is 2.09. The van der Waals surface area contributed by atoms with Crippen LogP contribution in [0.25, 0.3) is 0 Å². The maximum atomic E-state index is 12.2. The predicted molar refractivity (Wildman–Crippen MR) is 84.0 cm³/mol. The minimum absolute atomic E-state index is 0.0451. The van der Waals surface area contributed by atoms with Crippen LogP contribution in [0.5, 0.6) is 5.75 Å². The Balaban J connectivity index is 1.97. The largest absolute Gasteiger partial charge is 0.497 e. The second-order valence-electron chi connectivity index (χ2n) is 4.97. The Kier molecular flexibility index (Phi) is 4.82. The molecule has 4 nitrogen and oxygen atoms in total. The zero-order valence-corrected chi connectivity index (χ0v) is 12.4. The van der Waals surface area contributed by atoms with Crippen LogP contribution in [0.1, 0.15) is 11.1 Å². The quantitative estimate of drug-likeness (QED) is 0.858. The molecule has 0 aromatic heterocycles. The van der Waals surface area contributed by atoms with Crippen LogP contribution in [0.4, 0.5) is 5.69 Å². The third kappa shape index (κ3) is 3.99. The van der Waals surface area contributed by atoms with Crippen molar-refractivity contribution in [1.29, 1.82) is 0 Å². The number of carbonyl (C=O) groups excluding carboxylic acids is 1. The van der Waals surface area contributed by atoms with Gasteiger partial charge in [-0.2, -0.15) is 0 Å². The second-order valence-corrected chi connectivity index (χ2v) is 4.97. The number of nitrogens with two attached hydrogens (primary N) is 1. The zero-order valence-electron chi connectivity index (χ0n) is 12.4. The molecule has 0 aliphatic carbocycles. The first-order valence-corrected chi connectivity index (χ1v) is 6.80. The van der Waals surface area contributed by atoms with E-state index < -0.39 is 0 Å². The third-order valence-corrected chi connectivity index (χ3v) is 3.40. The first kappa shape index (κ1) is 14.9. The van der Waals surface area contributed by atoms with Gasteiger partial charge < -0.3 is 15.4 Å². The van der Waals surface area contributed by atoms with Gasteiger partial charge in [0.1, 0.15) is 5.75 Å². The van der Waals surface area contributed by atoms with E-state index in [0.29, 0.717) is 18.7 Å². The molecule has 0 heterocycles. The van der Waals surface area contributed by atoms with Gasteiger partial charge in [-0.05, 0) is 29.3 Å². The number of carbonyl (C=O) groups is 1. The molecule has 110 valence electrons. The number of benzene rings is 2. The van der Waals surface area contributed by atoms with Crippen LogP contribution < -0.4 is 10.5 Å². The molecule has 0 spiro atoms. The molecule has 0 fully saturated rings. The Morgan fingerprint density at radius 3 is 2.43 bits per heavy atom. The maximum Gasteiger partial charge on any atom is 0.227 e. The molecule has 0 aliphatic rings. The molecule has 4 heteroatoms. The van der Waals surface area contributed by atoms with Crippen molar-refractivity contribution >= 4 is 11.6 Å². The van der Waals surface area contributed by atoms with Gasteiger partial charge in [-0.15, -0.1) is 0 Å². The Hall–Kier alpha value is -2.49. The Labute approximate surface area is 125 Å². The topological polar surface area (TPSA) is 55.6 Å². The highest BCUT2D eigenvalue weighted by Crippen LogP contribution is 2.15. The SMILES string of the molecule is COc1ccc(CN(C)C(=O)Cc2ccccc2N)cc1. The first-order chi connectivity index (χ1) is 10.1. The van der Waals surface area contributed by atoms with E-state index in [4.69, 9.17) is 10.5 Å². The predicted octanol–water partition coefficient (Wildman–Crippen LogP) is 2.48. The summed E-state index contributed by atoms with van der Waals surface area (Å²) in [7, 11) is 3.43. The second kappa shape index (κ2) is 6.79. The Morgan fingerprint density at radius 1 is 1.14 bits per heavy atom. The minimum Gasteiger partial charge on any atom is -0.497 e. The van der Waals surface area contributed by atoms with E-state index in [0.717, 1.165) is 16.9 Å². The van der Waals surface area contributed by atoms with E-state index in [1.165, 1.54) is 0 Å². The maximum absolute atomic E-state index is 12.2. The monoisotopic (exact) mass is 284 g/mol. The molecule has 2 aromatic carbocycles. The molecule has 0 atom stereocenters. The average Bonchev–Trinajstić information content (AvgIpc) is 2.50. The number of likely N-dealkylation sites (N-methyl/N-ethyl adjacent to an activating group) is 1. The van der Waals surface area contributed by atoms with Gasteiger partial charge in [0, 0.05) is 19.3 Å². The smallest absolute Gasteiger partial charge is 0.227 e. The van der Waals surface area contributed by atoms with Crippen molar-refractivity contribution in [3.63, 3.8) is 0 Å². The fourth-order valence-electron chi connectivity index (χ4n) is 2.09. The fraction of sp³-hybridized carbons (Fsp3) is 0.235. The van der Waals surface area contributed by atoms with E-state index in [9.17, 15) is 4.79 Å². The third-order valence-electron chi connectivity index (χ3n) is 3.40. The van der Waals surface area contributed by atoms with Gasteiger partial charge in [0.05, 0.1) is 13.5 Å². The van der Waals surface area contributed by atoms with Gasteiger partial charge in [-0.25, -0.2) is 0 Å². The van der Waals surface area contributed by atoms with Crippen molar-refractivity contribution in [2.75, 3.05) is 19.9 Å². The van der Waals surface area contributed by atoms with Gasteiger partial charge >= 0.3 is 0 Å². The lowest BCUT2D eigenvalue weighted by Crippen LogP contribution is -2.27. The number of ether oxygens (including phenoxy) is 1. The van der Waals surface area contributed by atoms with Crippen LogP contribution in [-0.2, 0) is 17.8 Å². The Morgan fingerprint density at radius 2 is 1.81 bits per heavy atom. The van der Waals surface area contributed by atoms with Crippen molar-refractivity contribution in [3.8, 4) is 5.75 Å². The van der Waals surface area contributed by atoms with Gasteiger partial charge in [-0.1, -0.05) is 30.3 Å². The van der Waals surface area contributed by atoms with Crippen LogP contribution in [0.2, 0.25) is 0 Å². The van der Waals surface area contributed by atoms with Gasteiger partial charge in [0.15, 0.2) is 0 Å². The number of hydrogen-bond acceptors (Lipinski definition) is 3. The number of nitrogen functional groups attached to an aromatic ring is 1. The summed E-state index contributed by atoms with van der Waals surface area (Å²) in [4.78, 5) is 13.9. The number of amides is 1. The molecule has 2 N–H and O–H groups in total. The Bertz CT molecular complexity index is 608. The van der Waals surface area contributed by atoms with Crippen LogP contribution in [-0.4, -0.2) is 25.0 Å². The highest BCUT2D eigenvalue weighted by Gasteiger charge is 2.11. The zero-order chi connectivity index (χ0) is 15.2. The van der Waals surface area contributed by atoms with Crippen molar-refractivity contribution in [1.82, 2.24) is 4.90 Å². The minimum atomic E-state index is 0.0451. The summed E-state index contributed by atoms with van der Waals surface area (Å²) in [6.45, 7) is 0.565. The number of hydrogen-bond donors (Lipinski definition) is 1. The van der Waals surface area contributed by atoms with E-state index >= 15 is 0 Å². The van der Waals surface area contributed by atoms with Crippen molar-refractivity contribution in [2.24, 2.45) is 0 Å². The summed E-state index contributed by atoms with van der Waals surface area (Å²) in [6, 6.07) is 15.2. The molecule has 21 heavy (non-hydrogen) atoms. The lowest BCUT2D eigenvalue weighted by atomic mass is 10.1. The lowest BCUT2D eigenvalue weighted by Gasteiger charge is -2.18. The standard InChI is InChI=1S/C17H20N2O2/c1-19(12-13-7-9-15(21-2)10-8-13)17(20)11-14-5-3-4-6-16(14)18/h3-10H,11-12,18H2,1-2H3. The summed E-state index contributed by atoms with van der Waals surface area (Å²) in [5.74, 6) is 0.855. The number of para-hydroxylation sites is 1. The van der Waals surface area contributed by atoms with Gasteiger partial charge in [-0.3, -0.25) is 4.79 Å². The first-order valence-electron chi connectivity index (χ1n) is 6.80. The molecule has 0 aliphatic heterocycles. The summed E-state index contributed by atoms with van der Waals surface area (Å²) >= 11 is 0. The number of nitrogens with zero attached hydrogens (tertiary/aromatic N) is 1.